The number of halogens is 1. The summed E-state index contributed by atoms with van der Waals surface area (Å²) < 4.78 is 11.6. The highest BCUT2D eigenvalue weighted by Gasteiger charge is 2.03. The number of methoxy groups -OCH3 is 1. The molecule has 0 bridgehead atoms. The molecule has 0 saturated carbocycles. The van der Waals surface area contributed by atoms with E-state index in [0.717, 1.165) is 23.2 Å². The van der Waals surface area contributed by atoms with Crippen molar-refractivity contribution >= 4 is 15.9 Å². The lowest BCUT2D eigenvalue weighted by Gasteiger charge is -2.09. The Morgan fingerprint density at radius 2 is 1.90 bits per heavy atom. The van der Waals surface area contributed by atoms with Crippen molar-refractivity contribution in [1.29, 1.82) is 0 Å². The topological polar surface area (TPSA) is 30.5 Å². The van der Waals surface area contributed by atoms with Crippen LogP contribution in [0.4, 0.5) is 0 Å². The van der Waals surface area contributed by atoms with Gasteiger partial charge in [0.2, 0.25) is 0 Å². The van der Waals surface area contributed by atoms with Crippen LogP contribution < -0.4 is 10.1 Å². The van der Waals surface area contributed by atoms with Crippen molar-refractivity contribution in [1.82, 2.24) is 5.32 Å². The summed E-state index contributed by atoms with van der Waals surface area (Å²) in [5.74, 6) is 0.889. The highest BCUT2D eigenvalue weighted by atomic mass is 79.9. The number of aryl methyl sites for hydroxylation is 1. The van der Waals surface area contributed by atoms with Crippen LogP contribution in [0, 0.1) is 0 Å². The summed E-state index contributed by atoms with van der Waals surface area (Å²) in [7, 11) is 3.69. The van der Waals surface area contributed by atoms with E-state index in [2.05, 4.69) is 33.4 Å². The van der Waals surface area contributed by atoms with Crippen molar-refractivity contribution < 1.29 is 9.47 Å². The molecule has 0 aliphatic heterocycles. The predicted molar refractivity (Wildman–Crippen MR) is 87.6 cm³/mol. The molecular weight excluding hydrogens is 318 g/mol. The van der Waals surface area contributed by atoms with E-state index in [9.17, 15) is 0 Å². The molecule has 0 heterocycles. The second kappa shape index (κ2) is 11.1. The van der Waals surface area contributed by atoms with Gasteiger partial charge in [-0.2, -0.15) is 0 Å². The van der Waals surface area contributed by atoms with Crippen molar-refractivity contribution in [3.05, 3.63) is 28.2 Å². The molecule has 0 spiro atoms. The quantitative estimate of drug-likeness (QED) is 0.620. The average Bonchev–Trinajstić information content (AvgIpc) is 2.45. The number of ether oxygens (including phenoxy) is 2. The summed E-state index contributed by atoms with van der Waals surface area (Å²) >= 11 is 3.57. The smallest absolute Gasteiger partial charge is 0.133 e. The van der Waals surface area contributed by atoms with Crippen molar-refractivity contribution in [3.8, 4) is 5.75 Å². The van der Waals surface area contributed by atoms with E-state index < -0.39 is 0 Å². The fourth-order valence-electron chi connectivity index (χ4n) is 2.04. The number of nitrogens with one attached hydrogen (secondary N) is 1. The first-order chi connectivity index (χ1) is 9.77. The van der Waals surface area contributed by atoms with E-state index in [-0.39, 0.29) is 0 Å². The van der Waals surface area contributed by atoms with Crippen molar-refractivity contribution in [2.45, 2.75) is 32.1 Å². The maximum atomic E-state index is 5.62. The molecule has 0 unspecified atom stereocenters. The molecule has 0 fully saturated rings. The molecule has 114 valence electrons. The van der Waals surface area contributed by atoms with Gasteiger partial charge in [-0.05, 0) is 66.5 Å². The number of unbranched alkanes of at least 4 members (excludes halogenated alkanes) is 3. The molecule has 0 aliphatic rings. The normalized spacial score (nSPS) is 10.8. The highest BCUT2D eigenvalue weighted by molar-refractivity contribution is 9.10. The van der Waals surface area contributed by atoms with Gasteiger partial charge in [0.25, 0.3) is 0 Å². The van der Waals surface area contributed by atoms with Gasteiger partial charge in [0.1, 0.15) is 12.4 Å². The van der Waals surface area contributed by atoms with Gasteiger partial charge < -0.3 is 14.8 Å². The Balaban J connectivity index is 2.28. The highest BCUT2D eigenvalue weighted by Crippen LogP contribution is 2.26. The first kappa shape index (κ1) is 17.5. The van der Waals surface area contributed by atoms with E-state index >= 15 is 0 Å². The van der Waals surface area contributed by atoms with Crippen LogP contribution in [0.2, 0.25) is 0 Å². The molecule has 1 N–H and O–H groups in total. The molecule has 4 heteroatoms. The van der Waals surface area contributed by atoms with Crippen molar-refractivity contribution in [3.63, 3.8) is 0 Å². The SMILES string of the molecule is CNCCCCCCc1ccc(OCCOC)c(Br)c1. The maximum Gasteiger partial charge on any atom is 0.133 e. The first-order valence-corrected chi connectivity index (χ1v) is 8.12. The van der Waals surface area contributed by atoms with Gasteiger partial charge in [-0.1, -0.05) is 18.9 Å². The number of rotatable bonds is 11. The van der Waals surface area contributed by atoms with Crippen LogP contribution in [0.5, 0.6) is 5.75 Å². The zero-order valence-electron chi connectivity index (χ0n) is 12.6. The summed E-state index contributed by atoms with van der Waals surface area (Å²) in [5, 5.41) is 3.18. The molecule has 0 radical (unpaired) electrons. The van der Waals surface area contributed by atoms with E-state index in [1.165, 1.54) is 31.2 Å². The summed E-state index contributed by atoms with van der Waals surface area (Å²) in [4.78, 5) is 0. The minimum atomic E-state index is 0.583. The molecule has 0 aliphatic carbocycles. The van der Waals surface area contributed by atoms with Crippen LogP contribution in [0.25, 0.3) is 0 Å². The van der Waals surface area contributed by atoms with Crippen LogP contribution in [-0.4, -0.2) is 33.9 Å². The Hall–Kier alpha value is -0.580. The Kier molecular flexibility index (Phi) is 9.71. The lowest BCUT2D eigenvalue weighted by Crippen LogP contribution is -2.06. The monoisotopic (exact) mass is 343 g/mol. The van der Waals surface area contributed by atoms with Gasteiger partial charge in [-0.15, -0.1) is 0 Å². The second-order valence-electron chi connectivity index (χ2n) is 4.87. The van der Waals surface area contributed by atoms with E-state index in [1.54, 1.807) is 7.11 Å². The number of benzene rings is 1. The molecule has 0 saturated heterocycles. The minimum Gasteiger partial charge on any atom is -0.490 e. The Morgan fingerprint density at radius 1 is 1.10 bits per heavy atom. The van der Waals surface area contributed by atoms with Gasteiger partial charge >= 0.3 is 0 Å². The first-order valence-electron chi connectivity index (χ1n) is 7.32. The molecule has 0 atom stereocenters. The third-order valence-electron chi connectivity index (χ3n) is 3.18. The molecule has 0 aromatic heterocycles. The molecule has 1 aromatic carbocycles. The number of hydrogen-bond acceptors (Lipinski definition) is 3. The molecule has 1 aromatic rings. The summed E-state index contributed by atoms with van der Waals surface area (Å²) in [6.45, 7) is 2.32. The maximum absolute atomic E-state index is 5.62. The fraction of sp³-hybridized carbons (Fsp3) is 0.625. The van der Waals surface area contributed by atoms with Crippen molar-refractivity contribution in [2.24, 2.45) is 0 Å². The largest absolute Gasteiger partial charge is 0.490 e. The Labute approximate surface area is 131 Å². The van der Waals surface area contributed by atoms with Gasteiger partial charge in [0.05, 0.1) is 11.1 Å². The average molecular weight is 344 g/mol. The Morgan fingerprint density at radius 3 is 2.60 bits per heavy atom. The van der Waals surface area contributed by atoms with Crippen LogP contribution in [0.15, 0.2) is 22.7 Å². The fourth-order valence-corrected chi connectivity index (χ4v) is 2.58. The van der Waals surface area contributed by atoms with Gasteiger partial charge in [0, 0.05) is 7.11 Å². The lowest BCUT2D eigenvalue weighted by molar-refractivity contribution is 0.146. The van der Waals surface area contributed by atoms with Gasteiger partial charge in [-0.25, -0.2) is 0 Å². The molecular formula is C16H26BrNO2. The van der Waals surface area contributed by atoms with E-state index in [0.29, 0.717) is 13.2 Å². The van der Waals surface area contributed by atoms with Crippen LogP contribution in [0.1, 0.15) is 31.2 Å². The third kappa shape index (κ3) is 7.27. The molecule has 1 rings (SSSR count). The van der Waals surface area contributed by atoms with Crippen LogP contribution in [0.3, 0.4) is 0 Å². The zero-order chi connectivity index (χ0) is 14.6. The van der Waals surface area contributed by atoms with Crippen LogP contribution >= 0.6 is 15.9 Å². The van der Waals surface area contributed by atoms with Crippen LogP contribution in [-0.2, 0) is 11.2 Å². The lowest BCUT2D eigenvalue weighted by atomic mass is 10.1. The third-order valence-corrected chi connectivity index (χ3v) is 3.80. The van der Waals surface area contributed by atoms with Crippen molar-refractivity contribution in [2.75, 3.05) is 33.9 Å². The minimum absolute atomic E-state index is 0.583. The Bertz CT molecular complexity index is 371. The van der Waals surface area contributed by atoms with Gasteiger partial charge in [-0.3, -0.25) is 0 Å². The summed E-state index contributed by atoms with van der Waals surface area (Å²) in [6.07, 6.45) is 6.26. The number of hydrogen-bond donors (Lipinski definition) is 1. The van der Waals surface area contributed by atoms with Gasteiger partial charge in [0.15, 0.2) is 0 Å². The molecule has 3 nitrogen and oxygen atoms in total. The molecule has 0 amide bonds. The second-order valence-corrected chi connectivity index (χ2v) is 5.73. The zero-order valence-corrected chi connectivity index (χ0v) is 14.2. The van der Waals surface area contributed by atoms with E-state index in [4.69, 9.17) is 9.47 Å². The molecule has 20 heavy (non-hydrogen) atoms. The van der Waals surface area contributed by atoms with E-state index in [1.807, 2.05) is 13.1 Å². The predicted octanol–water partition coefficient (Wildman–Crippen LogP) is 3.80. The summed E-state index contributed by atoms with van der Waals surface area (Å²) in [5.41, 5.74) is 1.37. The standard InChI is InChI=1S/C16H26BrNO2/c1-18-10-6-4-3-5-7-14-8-9-16(15(17)13-14)20-12-11-19-2/h8-9,13,18H,3-7,10-12H2,1-2H3. The summed E-state index contributed by atoms with van der Waals surface area (Å²) in [6, 6.07) is 6.35.